The summed E-state index contributed by atoms with van der Waals surface area (Å²) < 4.78 is 5.88. The van der Waals surface area contributed by atoms with Gasteiger partial charge in [-0.15, -0.1) is 0 Å². The van der Waals surface area contributed by atoms with E-state index >= 15 is 0 Å². The van der Waals surface area contributed by atoms with Crippen molar-refractivity contribution in [3.63, 3.8) is 0 Å². The molecule has 1 amide bonds. The summed E-state index contributed by atoms with van der Waals surface area (Å²) in [5.41, 5.74) is 2.26. The van der Waals surface area contributed by atoms with E-state index in [0.717, 1.165) is 55.5 Å². The van der Waals surface area contributed by atoms with E-state index in [1.54, 1.807) is 6.07 Å². The molecule has 0 aromatic heterocycles. The van der Waals surface area contributed by atoms with Crippen molar-refractivity contribution in [2.24, 2.45) is 0 Å². The molecule has 2 aliphatic heterocycles. The summed E-state index contributed by atoms with van der Waals surface area (Å²) in [5, 5.41) is 1.43. The maximum atomic E-state index is 12.9. The van der Waals surface area contributed by atoms with Crippen LogP contribution in [0.1, 0.15) is 17.5 Å². The molecule has 0 saturated carbocycles. The Kier molecular flexibility index (Phi) is 5.58. The lowest BCUT2D eigenvalue weighted by atomic mass is 10.1. The molecular weight excluding hydrogens is 383 g/mol. The summed E-state index contributed by atoms with van der Waals surface area (Å²) in [5.74, 6) is 0.854. The molecule has 1 unspecified atom stereocenters. The van der Waals surface area contributed by atoms with Gasteiger partial charge in [0, 0.05) is 49.2 Å². The minimum Gasteiger partial charge on any atom is -0.480 e. The van der Waals surface area contributed by atoms with Gasteiger partial charge in [0.25, 0.3) is 5.91 Å². The minimum atomic E-state index is -0.429. The Labute approximate surface area is 169 Å². The highest BCUT2D eigenvalue weighted by Crippen LogP contribution is 2.31. The molecule has 1 saturated heterocycles. The van der Waals surface area contributed by atoms with E-state index in [1.165, 1.54) is 5.56 Å². The van der Waals surface area contributed by atoms with Crippen LogP contribution in [0.25, 0.3) is 0 Å². The van der Waals surface area contributed by atoms with Gasteiger partial charge in [-0.2, -0.15) is 0 Å². The fraction of sp³-hybridized carbons (Fsp3) is 0.381. The summed E-state index contributed by atoms with van der Waals surface area (Å²) in [7, 11) is 0. The van der Waals surface area contributed by atoms with Crippen molar-refractivity contribution in [2.45, 2.75) is 25.5 Å². The number of benzene rings is 2. The number of hydrogen-bond donors (Lipinski definition) is 0. The molecule has 2 heterocycles. The molecule has 1 atom stereocenters. The van der Waals surface area contributed by atoms with Crippen LogP contribution in [0.4, 0.5) is 0 Å². The van der Waals surface area contributed by atoms with Gasteiger partial charge < -0.3 is 9.64 Å². The Morgan fingerprint density at radius 2 is 1.78 bits per heavy atom. The number of halogens is 2. The third-order valence-electron chi connectivity index (χ3n) is 5.19. The van der Waals surface area contributed by atoms with Crippen LogP contribution in [0.3, 0.4) is 0 Å². The van der Waals surface area contributed by atoms with Crippen LogP contribution in [-0.4, -0.2) is 48.0 Å². The summed E-state index contributed by atoms with van der Waals surface area (Å²) in [6.45, 7) is 4.22. The number of ether oxygens (including phenoxy) is 1. The van der Waals surface area contributed by atoms with E-state index < -0.39 is 6.10 Å². The van der Waals surface area contributed by atoms with Gasteiger partial charge in [-0.1, -0.05) is 35.3 Å². The van der Waals surface area contributed by atoms with Gasteiger partial charge in [0.15, 0.2) is 6.10 Å². The van der Waals surface area contributed by atoms with E-state index in [9.17, 15) is 4.79 Å². The highest BCUT2D eigenvalue weighted by atomic mass is 35.5. The van der Waals surface area contributed by atoms with Crippen LogP contribution in [0.5, 0.6) is 5.75 Å². The quantitative estimate of drug-likeness (QED) is 0.773. The van der Waals surface area contributed by atoms with Crippen LogP contribution in [0.15, 0.2) is 42.5 Å². The first-order valence-corrected chi connectivity index (χ1v) is 10.0. The van der Waals surface area contributed by atoms with E-state index in [4.69, 9.17) is 27.9 Å². The van der Waals surface area contributed by atoms with E-state index in [1.807, 2.05) is 29.2 Å². The Morgan fingerprint density at radius 1 is 1.00 bits per heavy atom. The average molecular weight is 405 g/mol. The maximum Gasteiger partial charge on any atom is 0.264 e. The van der Waals surface area contributed by atoms with E-state index in [2.05, 4.69) is 17.0 Å². The summed E-state index contributed by atoms with van der Waals surface area (Å²) in [6, 6.07) is 13.5. The molecule has 142 valence electrons. The van der Waals surface area contributed by atoms with Crippen molar-refractivity contribution >= 4 is 29.1 Å². The number of hydrogen-bond acceptors (Lipinski definition) is 3. The SMILES string of the molecule is O=C(C1Cc2cc(Cl)ccc2O1)N1CCCN(Cc2ccc(Cl)cc2)CC1. The lowest BCUT2D eigenvalue weighted by Crippen LogP contribution is -2.43. The summed E-state index contributed by atoms with van der Waals surface area (Å²) >= 11 is 12.0. The molecule has 4 nitrogen and oxygen atoms in total. The Morgan fingerprint density at radius 3 is 2.59 bits per heavy atom. The lowest BCUT2D eigenvalue weighted by molar-refractivity contribution is -0.137. The van der Waals surface area contributed by atoms with E-state index in [-0.39, 0.29) is 5.91 Å². The highest BCUT2D eigenvalue weighted by molar-refractivity contribution is 6.30. The second-order valence-corrected chi connectivity index (χ2v) is 8.02. The Hall–Kier alpha value is -1.75. The van der Waals surface area contributed by atoms with Crippen LogP contribution in [0.2, 0.25) is 10.0 Å². The normalized spacial score (nSPS) is 20.1. The van der Waals surface area contributed by atoms with Crippen molar-refractivity contribution in [3.8, 4) is 5.75 Å². The minimum absolute atomic E-state index is 0.0793. The largest absolute Gasteiger partial charge is 0.480 e. The maximum absolute atomic E-state index is 12.9. The number of carbonyl (C=O) groups excluding carboxylic acids is 1. The standard InChI is InChI=1S/C21H22Cl2N2O2/c22-17-4-2-15(3-5-17)14-24-8-1-9-25(11-10-24)21(26)20-13-16-12-18(23)6-7-19(16)27-20/h2-7,12,20H,1,8-11,13-14H2. The molecule has 1 fully saturated rings. The van der Waals surface area contributed by atoms with Gasteiger partial charge in [-0.3, -0.25) is 9.69 Å². The molecule has 2 aliphatic rings. The van der Waals surface area contributed by atoms with Crippen molar-refractivity contribution in [1.82, 2.24) is 9.80 Å². The molecule has 4 rings (SSSR count). The zero-order valence-corrected chi connectivity index (χ0v) is 16.5. The van der Waals surface area contributed by atoms with Crippen LogP contribution in [-0.2, 0) is 17.8 Å². The summed E-state index contributed by atoms with van der Waals surface area (Å²) in [6.07, 6.45) is 1.13. The zero-order chi connectivity index (χ0) is 18.8. The van der Waals surface area contributed by atoms with Gasteiger partial charge in [0.2, 0.25) is 0 Å². The highest BCUT2D eigenvalue weighted by Gasteiger charge is 2.33. The molecular formula is C21H22Cl2N2O2. The average Bonchev–Trinajstić information content (AvgIpc) is 2.94. The number of nitrogens with zero attached hydrogens (tertiary/aromatic N) is 2. The number of amides is 1. The van der Waals surface area contributed by atoms with Gasteiger partial charge in [-0.05, 0) is 47.9 Å². The Bertz CT molecular complexity index is 825. The summed E-state index contributed by atoms with van der Waals surface area (Å²) in [4.78, 5) is 17.3. The smallest absolute Gasteiger partial charge is 0.264 e. The number of carbonyl (C=O) groups is 1. The van der Waals surface area contributed by atoms with Gasteiger partial charge >= 0.3 is 0 Å². The van der Waals surface area contributed by atoms with Crippen molar-refractivity contribution in [3.05, 3.63) is 63.6 Å². The molecule has 27 heavy (non-hydrogen) atoms. The van der Waals surface area contributed by atoms with Crippen LogP contribution >= 0.6 is 23.2 Å². The molecule has 2 aromatic carbocycles. The lowest BCUT2D eigenvalue weighted by Gasteiger charge is -2.24. The first-order chi connectivity index (χ1) is 13.1. The molecule has 0 N–H and O–H groups in total. The van der Waals surface area contributed by atoms with Crippen molar-refractivity contribution < 1.29 is 9.53 Å². The molecule has 0 spiro atoms. The molecule has 6 heteroatoms. The van der Waals surface area contributed by atoms with Crippen LogP contribution in [0, 0.1) is 0 Å². The molecule has 0 radical (unpaired) electrons. The third-order valence-corrected chi connectivity index (χ3v) is 5.68. The van der Waals surface area contributed by atoms with Gasteiger partial charge in [0.05, 0.1) is 0 Å². The number of rotatable bonds is 3. The monoisotopic (exact) mass is 404 g/mol. The second-order valence-electron chi connectivity index (χ2n) is 7.14. The molecule has 0 bridgehead atoms. The fourth-order valence-corrected chi connectivity index (χ4v) is 4.08. The molecule has 0 aliphatic carbocycles. The predicted octanol–water partition coefficient (Wildman–Crippen LogP) is 4.03. The predicted molar refractivity (Wildman–Crippen MR) is 107 cm³/mol. The van der Waals surface area contributed by atoms with E-state index in [0.29, 0.717) is 11.4 Å². The first-order valence-electron chi connectivity index (χ1n) is 9.29. The molecule has 2 aromatic rings. The first kappa shape index (κ1) is 18.6. The van der Waals surface area contributed by atoms with Crippen LogP contribution < -0.4 is 4.74 Å². The van der Waals surface area contributed by atoms with Gasteiger partial charge in [-0.25, -0.2) is 0 Å². The number of fused-ring (bicyclic) bond motifs is 1. The van der Waals surface area contributed by atoms with Gasteiger partial charge in [0.1, 0.15) is 5.75 Å². The van der Waals surface area contributed by atoms with Crippen molar-refractivity contribution in [1.29, 1.82) is 0 Å². The third kappa shape index (κ3) is 4.40. The van der Waals surface area contributed by atoms with Crippen molar-refractivity contribution in [2.75, 3.05) is 26.2 Å². The zero-order valence-electron chi connectivity index (χ0n) is 15.0. The fourth-order valence-electron chi connectivity index (χ4n) is 3.76. The topological polar surface area (TPSA) is 32.8 Å². The Balaban J connectivity index is 1.34. The second kappa shape index (κ2) is 8.09.